The molecule has 0 aliphatic heterocycles. The molecular weight excluding hydrogens is 382 g/mol. The van der Waals surface area contributed by atoms with Crippen molar-refractivity contribution in [2.45, 2.75) is 0 Å². The third-order valence-electron chi connectivity index (χ3n) is 2.58. The van der Waals surface area contributed by atoms with Gasteiger partial charge in [-0.1, -0.05) is 11.3 Å². The number of hydrogen-bond acceptors (Lipinski definition) is 6. The van der Waals surface area contributed by atoms with E-state index in [1.165, 1.54) is 5.38 Å². The monoisotopic (exact) mass is 390 g/mol. The van der Waals surface area contributed by atoms with Crippen molar-refractivity contribution in [1.82, 2.24) is 9.97 Å². The minimum atomic E-state index is -0.737. The second kappa shape index (κ2) is 7.03. The highest BCUT2D eigenvalue weighted by atomic mass is 35.5. The first-order valence-corrected chi connectivity index (χ1v) is 7.74. The molecule has 5 N–H and O–H groups in total. The number of hydrogen-bond donors (Lipinski definition) is 3. The van der Waals surface area contributed by atoms with E-state index in [1.54, 1.807) is 0 Å². The summed E-state index contributed by atoms with van der Waals surface area (Å²) in [7, 11) is 0. The fraction of sp³-hybridized carbons (Fsp3) is 0. The van der Waals surface area contributed by atoms with Crippen LogP contribution in [0.1, 0.15) is 10.5 Å². The third kappa shape index (κ3) is 3.75. The van der Waals surface area contributed by atoms with Crippen LogP contribution in [0.3, 0.4) is 0 Å². The summed E-state index contributed by atoms with van der Waals surface area (Å²) in [6.45, 7) is 0. The number of carbonyl (C=O) groups is 1. The molecular formula is C12H9ClF2N6OS2. The number of halogens is 3. The number of carbonyl (C=O) groups excluding carboxylic acids is 1. The Kier molecular flexibility index (Phi) is 5.26. The van der Waals surface area contributed by atoms with Crippen molar-refractivity contribution in [3.05, 3.63) is 34.8 Å². The maximum Gasteiger partial charge on any atom is 0.276 e. The van der Waals surface area contributed by atoms with E-state index in [1.807, 2.05) is 0 Å². The number of aromatic nitrogens is 2. The summed E-state index contributed by atoms with van der Waals surface area (Å²) in [5.74, 6) is -2.20. The average molecular weight is 391 g/mol. The number of nitrogens with zero attached hydrogens (tertiary/aromatic N) is 3. The van der Waals surface area contributed by atoms with Crippen molar-refractivity contribution in [1.29, 1.82) is 0 Å². The van der Waals surface area contributed by atoms with Gasteiger partial charge in [0.2, 0.25) is 5.13 Å². The Hall–Kier alpha value is -2.37. The zero-order valence-corrected chi connectivity index (χ0v) is 14.1. The summed E-state index contributed by atoms with van der Waals surface area (Å²) >= 11 is 1.98. The molecule has 0 fully saturated rings. The van der Waals surface area contributed by atoms with Crippen molar-refractivity contribution in [2.75, 3.05) is 5.32 Å². The number of nitrogens with two attached hydrogens (primary N) is 2. The molecule has 0 spiro atoms. The SMILES string of the molecule is Cl.NC(N)=Nc1nc(C(=O)Nc2nc3cc(F)cc(F)c3s2)cs1. The lowest BCUT2D eigenvalue weighted by Crippen LogP contribution is -2.21. The molecule has 0 atom stereocenters. The molecule has 2 aromatic heterocycles. The van der Waals surface area contributed by atoms with Gasteiger partial charge in [-0.3, -0.25) is 10.1 Å². The Bertz CT molecular complexity index is 937. The molecule has 3 rings (SSSR count). The number of rotatable bonds is 3. The van der Waals surface area contributed by atoms with Crippen molar-refractivity contribution in [2.24, 2.45) is 16.5 Å². The van der Waals surface area contributed by atoms with Gasteiger partial charge in [0.15, 0.2) is 11.1 Å². The van der Waals surface area contributed by atoms with Crippen LogP contribution in [0.5, 0.6) is 0 Å². The number of fused-ring (bicyclic) bond motifs is 1. The molecule has 2 heterocycles. The number of amides is 1. The Morgan fingerprint density at radius 2 is 2.00 bits per heavy atom. The van der Waals surface area contributed by atoms with Crippen LogP contribution >= 0.6 is 35.1 Å². The topological polar surface area (TPSA) is 119 Å². The lowest BCUT2D eigenvalue weighted by molar-refractivity contribution is 0.102. The summed E-state index contributed by atoms with van der Waals surface area (Å²) in [5, 5.41) is 4.30. The lowest BCUT2D eigenvalue weighted by Gasteiger charge is -1.96. The second-order valence-corrected chi connectivity index (χ2v) is 6.10. The van der Waals surface area contributed by atoms with Crippen LogP contribution in [0.4, 0.5) is 19.0 Å². The molecule has 0 bridgehead atoms. The van der Waals surface area contributed by atoms with Gasteiger partial charge in [0, 0.05) is 17.5 Å². The van der Waals surface area contributed by atoms with Gasteiger partial charge >= 0.3 is 0 Å². The van der Waals surface area contributed by atoms with Gasteiger partial charge in [-0.25, -0.2) is 18.7 Å². The molecule has 126 valence electrons. The molecule has 0 aliphatic carbocycles. The summed E-state index contributed by atoms with van der Waals surface area (Å²) in [6, 6.07) is 1.85. The smallest absolute Gasteiger partial charge is 0.276 e. The quantitative estimate of drug-likeness (QED) is 0.469. The zero-order valence-electron chi connectivity index (χ0n) is 11.6. The highest BCUT2D eigenvalue weighted by Crippen LogP contribution is 2.29. The molecule has 0 saturated heterocycles. The maximum absolute atomic E-state index is 13.6. The Labute approximate surface area is 147 Å². The van der Waals surface area contributed by atoms with Crippen molar-refractivity contribution < 1.29 is 13.6 Å². The van der Waals surface area contributed by atoms with Gasteiger partial charge in [0.25, 0.3) is 5.91 Å². The van der Waals surface area contributed by atoms with E-state index in [-0.39, 0.29) is 44.5 Å². The fourth-order valence-corrected chi connectivity index (χ4v) is 3.24. The molecule has 0 unspecified atom stereocenters. The summed E-state index contributed by atoms with van der Waals surface area (Å²) < 4.78 is 26.9. The molecule has 7 nitrogen and oxygen atoms in total. The van der Waals surface area contributed by atoms with Crippen LogP contribution < -0.4 is 16.8 Å². The molecule has 24 heavy (non-hydrogen) atoms. The number of nitrogens with one attached hydrogen (secondary N) is 1. The summed E-state index contributed by atoms with van der Waals surface area (Å²) in [5.41, 5.74) is 10.7. The Morgan fingerprint density at radius 1 is 1.25 bits per heavy atom. The second-order valence-electron chi connectivity index (χ2n) is 4.26. The summed E-state index contributed by atoms with van der Waals surface area (Å²) in [4.78, 5) is 23.7. The zero-order chi connectivity index (χ0) is 16.6. The van der Waals surface area contributed by atoms with Gasteiger partial charge in [0.05, 0.1) is 10.2 Å². The molecule has 3 aromatic rings. The average Bonchev–Trinajstić information content (AvgIpc) is 3.04. The van der Waals surface area contributed by atoms with Gasteiger partial charge in [-0.15, -0.1) is 23.7 Å². The molecule has 0 aliphatic rings. The van der Waals surface area contributed by atoms with E-state index >= 15 is 0 Å². The van der Waals surface area contributed by atoms with E-state index in [4.69, 9.17) is 11.5 Å². The summed E-state index contributed by atoms with van der Waals surface area (Å²) in [6.07, 6.45) is 0. The van der Waals surface area contributed by atoms with Gasteiger partial charge < -0.3 is 11.5 Å². The highest BCUT2D eigenvalue weighted by Gasteiger charge is 2.15. The van der Waals surface area contributed by atoms with Gasteiger partial charge in [0.1, 0.15) is 17.3 Å². The first-order valence-electron chi connectivity index (χ1n) is 6.04. The van der Waals surface area contributed by atoms with Gasteiger partial charge in [-0.2, -0.15) is 4.99 Å². The van der Waals surface area contributed by atoms with Crippen LogP contribution in [0.2, 0.25) is 0 Å². The van der Waals surface area contributed by atoms with E-state index in [0.717, 1.165) is 34.8 Å². The molecule has 0 saturated carbocycles. The van der Waals surface area contributed by atoms with Crippen LogP contribution in [0, 0.1) is 11.6 Å². The van der Waals surface area contributed by atoms with Crippen molar-refractivity contribution in [3.8, 4) is 0 Å². The number of guanidine groups is 1. The van der Waals surface area contributed by atoms with E-state index in [9.17, 15) is 13.6 Å². The standard InChI is InChI=1S/C12H8F2N6OS2.ClH/c13-4-1-5(14)8-6(2-4)17-12(23-8)19-9(21)7-3-22-11(18-7)20-10(15)16;/h1-3H,(H,17,19,21)(H4,15,16,18,20);1H. The van der Waals surface area contributed by atoms with Crippen LogP contribution in [-0.2, 0) is 0 Å². The minimum Gasteiger partial charge on any atom is -0.370 e. The van der Waals surface area contributed by atoms with E-state index in [2.05, 4.69) is 20.3 Å². The Morgan fingerprint density at radius 3 is 2.71 bits per heavy atom. The van der Waals surface area contributed by atoms with Crippen molar-refractivity contribution in [3.63, 3.8) is 0 Å². The van der Waals surface area contributed by atoms with Gasteiger partial charge in [-0.05, 0) is 0 Å². The largest absolute Gasteiger partial charge is 0.370 e. The number of thiazole rings is 2. The number of aliphatic imine (C=N–C) groups is 1. The molecule has 1 aromatic carbocycles. The highest BCUT2D eigenvalue weighted by molar-refractivity contribution is 7.22. The predicted molar refractivity (Wildman–Crippen MR) is 92.3 cm³/mol. The van der Waals surface area contributed by atoms with Crippen molar-refractivity contribution >= 4 is 67.4 Å². The molecule has 0 radical (unpaired) electrons. The molecule has 12 heteroatoms. The number of benzene rings is 1. The lowest BCUT2D eigenvalue weighted by atomic mass is 10.3. The first-order chi connectivity index (χ1) is 10.9. The molecule has 1 amide bonds. The minimum absolute atomic E-state index is 0. The Balaban J connectivity index is 0.00000208. The van der Waals surface area contributed by atoms with Crippen LogP contribution in [0.15, 0.2) is 22.5 Å². The normalized spacial score (nSPS) is 10.2. The number of anilines is 1. The van der Waals surface area contributed by atoms with E-state index in [0.29, 0.717) is 0 Å². The third-order valence-corrected chi connectivity index (χ3v) is 4.31. The maximum atomic E-state index is 13.6. The van der Waals surface area contributed by atoms with Crippen LogP contribution in [0.25, 0.3) is 10.2 Å². The predicted octanol–water partition coefficient (Wildman–Crippen LogP) is 2.61. The first kappa shape index (κ1) is 18.0. The van der Waals surface area contributed by atoms with E-state index < -0.39 is 17.5 Å². The van der Waals surface area contributed by atoms with Crippen LogP contribution in [-0.4, -0.2) is 21.8 Å². The fourth-order valence-electron chi connectivity index (χ4n) is 1.70.